The van der Waals surface area contributed by atoms with Crippen molar-refractivity contribution in [3.8, 4) is 5.75 Å². The van der Waals surface area contributed by atoms with Gasteiger partial charge in [0, 0.05) is 24.6 Å². The Bertz CT molecular complexity index is 928. The number of carbonyl (C=O) groups is 2. The maximum atomic E-state index is 12.8. The first-order valence-electron chi connectivity index (χ1n) is 12.5. The summed E-state index contributed by atoms with van der Waals surface area (Å²) in [5.41, 5.74) is 2.65. The Labute approximate surface area is 200 Å². The molecule has 9 nitrogen and oxygen atoms in total. The van der Waals surface area contributed by atoms with E-state index in [1.54, 1.807) is 4.90 Å². The number of aryl methyl sites for hydroxylation is 1. The van der Waals surface area contributed by atoms with Crippen molar-refractivity contribution in [2.75, 3.05) is 26.4 Å². The summed E-state index contributed by atoms with van der Waals surface area (Å²) < 4.78 is 6.16. The molecule has 186 valence electrons. The van der Waals surface area contributed by atoms with Gasteiger partial charge in [-0.2, -0.15) is 0 Å². The normalized spacial score (nSPS) is 19.9. The zero-order valence-corrected chi connectivity index (χ0v) is 20.0. The van der Waals surface area contributed by atoms with Crippen LogP contribution in [0.5, 0.6) is 5.75 Å². The third kappa shape index (κ3) is 5.20. The smallest absolute Gasteiger partial charge is 0.251 e. The molecular weight excluding hydrogens is 436 g/mol. The standard InChI is InChI=1S/C25H36N4O5/c1-17-10-11-20-19(15-29-21(16-31)24(33)27-25(29)26-20)23(17)34-14-6-5-9-22(32)28(12-13-30)18-7-3-2-4-8-18/h10-11,18,21,30-31H,2-9,12-16H2,1H3,(H,26,27,33). The van der Waals surface area contributed by atoms with Crippen LogP contribution < -0.4 is 10.1 Å². The molecule has 1 aromatic rings. The summed E-state index contributed by atoms with van der Waals surface area (Å²) in [6.45, 7) is 3.04. The molecule has 0 aromatic heterocycles. The Morgan fingerprint density at radius 2 is 2.03 bits per heavy atom. The van der Waals surface area contributed by atoms with E-state index in [1.165, 1.54) is 6.42 Å². The quantitative estimate of drug-likeness (QED) is 0.449. The van der Waals surface area contributed by atoms with Gasteiger partial charge in [0.15, 0.2) is 0 Å². The highest BCUT2D eigenvalue weighted by molar-refractivity contribution is 6.08. The molecule has 2 fully saturated rings. The van der Waals surface area contributed by atoms with Gasteiger partial charge in [-0.1, -0.05) is 25.3 Å². The van der Waals surface area contributed by atoms with Gasteiger partial charge in [0.1, 0.15) is 11.8 Å². The molecule has 4 rings (SSSR count). The third-order valence-corrected chi connectivity index (χ3v) is 7.05. The Morgan fingerprint density at radius 1 is 1.24 bits per heavy atom. The number of ether oxygens (including phenoxy) is 1. The van der Waals surface area contributed by atoms with Gasteiger partial charge in [-0.25, -0.2) is 4.99 Å². The molecule has 2 aliphatic heterocycles. The van der Waals surface area contributed by atoms with Crippen molar-refractivity contribution in [1.29, 1.82) is 0 Å². The van der Waals surface area contributed by atoms with Crippen LogP contribution in [0.4, 0.5) is 5.69 Å². The number of aliphatic imine (C=N–C) groups is 1. The lowest BCUT2D eigenvalue weighted by molar-refractivity contribution is -0.135. The number of hydrogen-bond acceptors (Lipinski definition) is 7. The first kappa shape index (κ1) is 24.5. The second-order valence-electron chi connectivity index (χ2n) is 9.37. The summed E-state index contributed by atoms with van der Waals surface area (Å²) in [6, 6.07) is 3.50. The number of carbonyl (C=O) groups excluding carboxylic acids is 2. The number of unbranched alkanes of at least 4 members (excludes halogenated alkanes) is 1. The number of aliphatic hydroxyl groups is 2. The number of amides is 2. The number of hydrogen-bond donors (Lipinski definition) is 3. The van der Waals surface area contributed by atoms with Crippen molar-refractivity contribution >= 4 is 23.5 Å². The maximum absolute atomic E-state index is 12.8. The Hall–Kier alpha value is -2.65. The van der Waals surface area contributed by atoms with E-state index < -0.39 is 6.04 Å². The number of benzene rings is 1. The van der Waals surface area contributed by atoms with Crippen LogP contribution in [0.3, 0.4) is 0 Å². The van der Waals surface area contributed by atoms with E-state index in [4.69, 9.17) is 4.74 Å². The number of aliphatic hydroxyl groups excluding tert-OH is 2. The molecule has 9 heteroatoms. The molecule has 3 aliphatic rings. The van der Waals surface area contributed by atoms with Crippen LogP contribution in [0.25, 0.3) is 0 Å². The van der Waals surface area contributed by atoms with E-state index in [9.17, 15) is 19.8 Å². The van der Waals surface area contributed by atoms with Crippen molar-refractivity contribution in [2.45, 2.75) is 76.9 Å². The SMILES string of the molecule is Cc1ccc2c(c1OCCCCC(=O)N(CCO)C1CCCCC1)CN1C(=N2)NC(=O)C1CO. The first-order chi connectivity index (χ1) is 16.5. The average molecular weight is 473 g/mol. The number of nitrogens with one attached hydrogen (secondary N) is 1. The lowest BCUT2D eigenvalue weighted by Gasteiger charge is -2.34. The monoisotopic (exact) mass is 472 g/mol. The molecule has 34 heavy (non-hydrogen) atoms. The Kier molecular flexibility index (Phi) is 8.05. The van der Waals surface area contributed by atoms with E-state index in [0.29, 0.717) is 32.1 Å². The van der Waals surface area contributed by atoms with Gasteiger partial charge in [-0.05, 0) is 44.2 Å². The molecule has 0 bridgehead atoms. The van der Waals surface area contributed by atoms with Crippen LogP contribution >= 0.6 is 0 Å². The molecule has 2 amide bonds. The van der Waals surface area contributed by atoms with Crippen molar-refractivity contribution in [2.24, 2.45) is 4.99 Å². The fourth-order valence-corrected chi connectivity index (χ4v) is 5.20. The zero-order valence-electron chi connectivity index (χ0n) is 20.0. The fraction of sp³-hybridized carbons (Fsp3) is 0.640. The molecule has 1 saturated heterocycles. The number of nitrogens with zero attached hydrogens (tertiary/aromatic N) is 3. The van der Waals surface area contributed by atoms with Crippen LogP contribution in [0, 0.1) is 6.92 Å². The number of guanidine groups is 1. The van der Waals surface area contributed by atoms with Crippen LogP contribution in [-0.4, -0.2) is 76.2 Å². The molecule has 1 atom stereocenters. The number of rotatable bonds is 10. The second-order valence-corrected chi connectivity index (χ2v) is 9.37. The zero-order chi connectivity index (χ0) is 24.1. The minimum Gasteiger partial charge on any atom is -0.493 e. The molecule has 3 N–H and O–H groups in total. The van der Waals surface area contributed by atoms with Crippen molar-refractivity contribution in [3.05, 3.63) is 23.3 Å². The molecule has 0 spiro atoms. The van der Waals surface area contributed by atoms with Gasteiger partial charge in [-0.15, -0.1) is 0 Å². The summed E-state index contributed by atoms with van der Waals surface area (Å²) in [4.78, 5) is 33.1. The van der Waals surface area contributed by atoms with Gasteiger partial charge >= 0.3 is 0 Å². The highest BCUT2D eigenvalue weighted by Crippen LogP contribution is 2.37. The van der Waals surface area contributed by atoms with Gasteiger partial charge < -0.3 is 24.7 Å². The molecule has 1 aromatic carbocycles. The Balaban J connectivity index is 1.32. The second kappa shape index (κ2) is 11.2. The molecule has 1 aliphatic carbocycles. The average Bonchev–Trinajstić information content (AvgIpc) is 3.16. The van der Waals surface area contributed by atoms with Crippen LogP contribution in [-0.2, 0) is 16.1 Å². The minimum atomic E-state index is -0.641. The summed E-state index contributed by atoms with van der Waals surface area (Å²) >= 11 is 0. The minimum absolute atomic E-state index is 0.00319. The summed E-state index contributed by atoms with van der Waals surface area (Å²) in [6.07, 6.45) is 7.53. The highest BCUT2D eigenvalue weighted by Gasteiger charge is 2.39. The highest BCUT2D eigenvalue weighted by atomic mass is 16.5. The van der Waals surface area contributed by atoms with Gasteiger partial charge in [0.2, 0.25) is 11.9 Å². The van der Waals surface area contributed by atoms with E-state index in [-0.39, 0.29) is 31.1 Å². The van der Waals surface area contributed by atoms with Crippen molar-refractivity contribution < 1.29 is 24.5 Å². The topological polar surface area (TPSA) is 115 Å². The molecular formula is C25H36N4O5. The van der Waals surface area contributed by atoms with Gasteiger partial charge in [0.05, 0.1) is 32.1 Å². The largest absolute Gasteiger partial charge is 0.493 e. The molecule has 2 heterocycles. The van der Waals surface area contributed by atoms with E-state index in [0.717, 1.165) is 61.1 Å². The van der Waals surface area contributed by atoms with E-state index >= 15 is 0 Å². The van der Waals surface area contributed by atoms with Gasteiger partial charge in [-0.3, -0.25) is 14.9 Å². The lowest BCUT2D eigenvalue weighted by Crippen LogP contribution is -2.43. The third-order valence-electron chi connectivity index (χ3n) is 7.05. The fourth-order valence-electron chi connectivity index (χ4n) is 5.20. The number of fused-ring (bicyclic) bond motifs is 2. The predicted molar refractivity (Wildman–Crippen MR) is 128 cm³/mol. The van der Waals surface area contributed by atoms with Crippen molar-refractivity contribution in [3.63, 3.8) is 0 Å². The van der Waals surface area contributed by atoms with Crippen LogP contribution in [0.1, 0.15) is 62.5 Å². The van der Waals surface area contributed by atoms with E-state index in [2.05, 4.69) is 10.3 Å². The maximum Gasteiger partial charge on any atom is 0.251 e. The van der Waals surface area contributed by atoms with Crippen LogP contribution in [0.2, 0.25) is 0 Å². The van der Waals surface area contributed by atoms with E-state index in [1.807, 2.05) is 24.0 Å². The molecule has 0 radical (unpaired) electrons. The summed E-state index contributed by atoms with van der Waals surface area (Å²) in [7, 11) is 0. The van der Waals surface area contributed by atoms with Crippen LogP contribution in [0.15, 0.2) is 17.1 Å². The predicted octanol–water partition coefficient (Wildman–Crippen LogP) is 1.99. The summed E-state index contributed by atoms with van der Waals surface area (Å²) in [5.74, 6) is 1.10. The van der Waals surface area contributed by atoms with Crippen molar-refractivity contribution in [1.82, 2.24) is 15.1 Å². The first-order valence-corrected chi connectivity index (χ1v) is 12.5. The Morgan fingerprint density at radius 3 is 2.76 bits per heavy atom. The molecule has 1 saturated carbocycles. The lowest BCUT2D eigenvalue weighted by atomic mass is 9.94. The summed E-state index contributed by atoms with van der Waals surface area (Å²) in [5, 5.41) is 21.8. The van der Waals surface area contributed by atoms with Gasteiger partial charge in [0.25, 0.3) is 5.91 Å². The molecule has 1 unspecified atom stereocenters.